The normalized spacial score (nSPS) is 13.4. The molecule has 2 rings (SSSR count). The van der Waals surface area contributed by atoms with E-state index in [4.69, 9.17) is 0 Å². The standard InChI is InChI=1S/C15H14O2/c1-12(16)15(17,13-8-4-2-5-9-13)14-10-6-3-7-11-14/h2-12H,1H3. The van der Waals surface area contributed by atoms with Gasteiger partial charge in [-0.3, -0.25) is 0 Å². The topological polar surface area (TPSA) is 39.8 Å². The molecule has 86 valence electrons. The zero-order chi connectivity index (χ0) is 12.3. The molecule has 0 bridgehead atoms. The van der Waals surface area contributed by atoms with Gasteiger partial charge in [0.1, 0.15) is 6.10 Å². The zero-order valence-corrected chi connectivity index (χ0v) is 9.67. The third-order valence-electron chi connectivity index (χ3n) is 2.98. The van der Waals surface area contributed by atoms with Crippen LogP contribution in [0.3, 0.4) is 0 Å². The highest BCUT2D eigenvalue weighted by atomic mass is 16.3. The third kappa shape index (κ3) is 2.09. The molecular formula is C15H14O2. The molecule has 2 nitrogen and oxygen atoms in total. The van der Waals surface area contributed by atoms with E-state index in [1.54, 1.807) is 48.5 Å². The van der Waals surface area contributed by atoms with E-state index in [-0.39, 0.29) is 0 Å². The van der Waals surface area contributed by atoms with Crippen LogP contribution in [0.4, 0.5) is 0 Å². The van der Waals surface area contributed by atoms with Gasteiger partial charge in [-0.05, 0) is 18.1 Å². The lowest BCUT2D eigenvalue weighted by Gasteiger charge is -2.28. The minimum absolute atomic E-state index is 0.522. The fourth-order valence-corrected chi connectivity index (χ4v) is 2.01. The molecule has 0 aliphatic heterocycles. The predicted octanol–water partition coefficient (Wildman–Crippen LogP) is 3.18. The number of hydrogen-bond acceptors (Lipinski definition) is 0. The van der Waals surface area contributed by atoms with Gasteiger partial charge in [0.2, 0.25) is 0 Å². The summed E-state index contributed by atoms with van der Waals surface area (Å²) in [4.78, 5) is 0. The van der Waals surface area contributed by atoms with E-state index in [1.807, 2.05) is 12.1 Å². The molecule has 2 aromatic rings. The van der Waals surface area contributed by atoms with Crippen LogP contribution in [0, 0.1) is 0 Å². The second-order valence-electron chi connectivity index (χ2n) is 4.11. The maximum absolute atomic E-state index is 12.9. The van der Waals surface area contributed by atoms with Crippen molar-refractivity contribution in [2.24, 2.45) is 0 Å². The first-order valence-electron chi connectivity index (χ1n) is 5.63. The molecule has 0 heterocycles. The summed E-state index contributed by atoms with van der Waals surface area (Å²) >= 11 is 0. The third-order valence-corrected chi connectivity index (χ3v) is 2.98. The van der Waals surface area contributed by atoms with Crippen molar-refractivity contribution in [1.29, 1.82) is 0 Å². The molecule has 0 saturated carbocycles. The lowest BCUT2D eigenvalue weighted by molar-refractivity contribution is -0.115. The summed E-state index contributed by atoms with van der Waals surface area (Å²) in [6.45, 7) is 1.42. The molecule has 1 unspecified atom stereocenters. The van der Waals surface area contributed by atoms with E-state index < -0.39 is 11.7 Å². The number of rotatable bonds is 3. The number of benzene rings is 2. The number of hydrogen-bond donors (Lipinski definition) is 0. The molecule has 0 saturated heterocycles. The van der Waals surface area contributed by atoms with Gasteiger partial charge >= 0.3 is 0 Å². The summed E-state index contributed by atoms with van der Waals surface area (Å²) in [5.74, 6) is 0. The molecule has 1 atom stereocenters. The van der Waals surface area contributed by atoms with Crippen molar-refractivity contribution < 1.29 is 10.2 Å². The van der Waals surface area contributed by atoms with E-state index in [0.29, 0.717) is 11.1 Å². The van der Waals surface area contributed by atoms with Gasteiger partial charge in [-0.1, -0.05) is 60.7 Å². The quantitative estimate of drug-likeness (QED) is 0.771. The molecule has 2 radical (unpaired) electrons. The van der Waals surface area contributed by atoms with Crippen LogP contribution >= 0.6 is 0 Å². The molecule has 0 aromatic heterocycles. The first-order chi connectivity index (χ1) is 8.15. The Morgan fingerprint density at radius 1 is 0.824 bits per heavy atom. The molecule has 2 aromatic carbocycles. The first kappa shape index (κ1) is 11.8. The van der Waals surface area contributed by atoms with Crippen molar-refractivity contribution in [1.82, 2.24) is 0 Å². The Labute approximate surface area is 101 Å². The van der Waals surface area contributed by atoms with Crippen molar-refractivity contribution in [3.05, 3.63) is 71.8 Å². The average Bonchev–Trinajstić information content (AvgIpc) is 2.39. The van der Waals surface area contributed by atoms with Crippen LogP contribution in [-0.4, -0.2) is 6.10 Å². The van der Waals surface area contributed by atoms with Crippen LogP contribution in [0.15, 0.2) is 60.7 Å². The highest BCUT2D eigenvalue weighted by molar-refractivity contribution is 5.36. The first-order valence-corrected chi connectivity index (χ1v) is 5.63. The van der Waals surface area contributed by atoms with Gasteiger partial charge in [-0.2, -0.15) is 0 Å². The largest absolute Gasteiger partial charge is 0.229 e. The van der Waals surface area contributed by atoms with Crippen LogP contribution in [-0.2, 0) is 15.8 Å². The Bertz CT molecular complexity index is 423. The molecule has 0 aliphatic rings. The second-order valence-corrected chi connectivity index (χ2v) is 4.11. The van der Waals surface area contributed by atoms with E-state index in [2.05, 4.69) is 0 Å². The van der Waals surface area contributed by atoms with Crippen LogP contribution in [0.2, 0.25) is 0 Å². The van der Waals surface area contributed by atoms with Gasteiger partial charge < -0.3 is 0 Å². The van der Waals surface area contributed by atoms with Crippen LogP contribution in [0.25, 0.3) is 0 Å². The SMILES string of the molecule is CC([O])C([O])(c1ccccc1)c1ccccc1. The summed E-state index contributed by atoms with van der Waals surface area (Å²) in [5.41, 5.74) is -0.676. The summed E-state index contributed by atoms with van der Waals surface area (Å²) in [7, 11) is 0. The summed E-state index contributed by atoms with van der Waals surface area (Å²) in [6, 6.07) is 17.7. The molecule has 0 amide bonds. The predicted molar refractivity (Wildman–Crippen MR) is 64.5 cm³/mol. The zero-order valence-electron chi connectivity index (χ0n) is 9.67. The Morgan fingerprint density at radius 3 is 1.47 bits per heavy atom. The molecular weight excluding hydrogens is 212 g/mol. The highest BCUT2D eigenvalue weighted by Gasteiger charge is 2.39. The summed E-state index contributed by atoms with van der Waals surface area (Å²) in [6.07, 6.45) is -1.24. The molecule has 0 fully saturated rings. The van der Waals surface area contributed by atoms with Crippen molar-refractivity contribution in [3.63, 3.8) is 0 Å². The van der Waals surface area contributed by atoms with E-state index in [0.717, 1.165) is 0 Å². The van der Waals surface area contributed by atoms with Crippen LogP contribution in [0.1, 0.15) is 18.1 Å². The Morgan fingerprint density at radius 2 is 1.18 bits per heavy atom. The van der Waals surface area contributed by atoms with Crippen molar-refractivity contribution in [3.8, 4) is 0 Å². The Balaban J connectivity index is 2.55. The van der Waals surface area contributed by atoms with Gasteiger partial charge in [-0.15, -0.1) is 0 Å². The minimum Gasteiger partial charge on any atom is -0.229 e. The van der Waals surface area contributed by atoms with Gasteiger partial charge in [0.05, 0.1) is 0 Å². The summed E-state index contributed by atoms with van der Waals surface area (Å²) < 4.78 is 0. The highest BCUT2D eigenvalue weighted by Crippen LogP contribution is 2.33. The van der Waals surface area contributed by atoms with E-state index in [1.165, 1.54) is 6.92 Å². The lowest BCUT2D eigenvalue weighted by Crippen LogP contribution is -2.36. The second kappa shape index (κ2) is 4.70. The fraction of sp³-hybridized carbons (Fsp3) is 0.200. The van der Waals surface area contributed by atoms with Gasteiger partial charge in [-0.25, -0.2) is 10.2 Å². The maximum Gasteiger partial charge on any atom is 0.182 e. The summed E-state index contributed by atoms with van der Waals surface area (Å²) in [5, 5.41) is 24.7. The van der Waals surface area contributed by atoms with E-state index in [9.17, 15) is 10.2 Å². The van der Waals surface area contributed by atoms with Gasteiger partial charge in [0, 0.05) is 0 Å². The maximum atomic E-state index is 12.9. The molecule has 0 N–H and O–H groups in total. The van der Waals surface area contributed by atoms with Crippen molar-refractivity contribution >= 4 is 0 Å². The molecule has 17 heavy (non-hydrogen) atoms. The Hall–Kier alpha value is -1.64. The van der Waals surface area contributed by atoms with Crippen LogP contribution < -0.4 is 0 Å². The van der Waals surface area contributed by atoms with Crippen LogP contribution in [0.5, 0.6) is 0 Å². The average molecular weight is 226 g/mol. The molecule has 0 aliphatic carbocycles. The van der Waals surface area contributed by atoms with Crippen molar-refractivity contribution in [2.75, 3.05) is 0 Å². The Kier molecular flexibility index (Phi) is 3.27. The molecule has 2 heteroatoms. The van der Waals surface area contributed by atoms with E-state index >= 15 is 0 Å². The lowest BCUT2D eigenvalue weighted by atomic mass is 9.82. The van der Waals surface area contributed by atoms with Gasteiger partial charge in [0.25, 0.3) is 0 Å². The van der Waals surface area contributed by atoms with Crippen molar-refractivity contribution in [2.45, 2.75) is 18.6 Å². The monoisotopic (exact) mass is 226 g/mol. The van der Waals surface area contributed by atoms with Gasteiger partial charge in [0.15, 0.2) is 5.60 Å². The molecule has 0 spiro atoms. The smallest absolute Gasteiger partial charge is 0.182 e. The minimum atomic E-state index is -1.72. The fourth-order valence-electron chi connectivity index (χ4n) is 2.01.